The fourth-order valence-corrected chi connectivity index (χ4v) is 8.70. The molecule has 5 atom stereocenters. The predicted octanol–water partition coefficient (Wildman–Crippen LogP) is 6.89. The van der Waals surface area contributed by atoms with Gasteiger partial charge in [-0.25, -0.2) is 14.4 Å². The zero-order valence-electron chi connectivity index (χ0n) is 25.3. The lowest BCUT2D eigenvalue weighted by molar-refractivity contribution is -0.118. The van der Waals surface area contributed by atoms with Crippen LogP contribution in [0.5, 0.6) is 0 Å². The molecule has 2 unspecified atom stereocenters. The van der Waals surface area contributed by atoms with Crippen LogP contribution >= 0.6 is 22.9 Å². The van der Waals surface area contributed by atoms with Gasteiger partial charge in [0.15, 0.2) is 11.2 Å². The van der Waals surface area contributed by atoms with Crippen molar-refractivity contribution in [3.8, 4) is 11.1 Å². The molecule has 2 aliphatic heterocycles. The number of carbonyl (C=O) groups excluding carboxylic acids is 1. The molecule has 5 heterocycles. The van der Waals surface area contributed by atoms with Crippen molar-refractivity contribution < 1.29 is 9.18 Å². The van der Waals surface area contributed by atoms with Crippen LogP contribution in [0.25, 0.3) is 22.0 Å². The summed E-state index contributed by atoms with van der Waals surface area (Å²) in [6, 6.07) is 10.0. The van der Waals surface area contributed by atoms with E-state index in [2.05, 4.69) is 51.4 Å². The molecule has 1 aliphatic carbocycles. The summed E-state index contributed by atoms with van der Waals surface area (Å²) in [5.41, 5.74) is 6.41. The van der Waals surface area contributed by atoms with Crippen molar-refractivity contribution in [1.29, 1.82) is 0 Å². The average molecular weight is 644 g/mol. The van der Waals surface area contributed by atoms with E-state index in [9.17, 15) is 9.18 Å². The number of fused-ring (bicyclic) bond motifs is 3. The lowest BCUT2D eigenvalue weighted by Gasteiger charge is -2.17. The van der Waals surface area contributed by atoms with Crippen LogP contribution in [0, 0.1) is 18.8 Å². The Bertz CT molecular complexity index is 1870. The number of likely N-dealkylation sites (tertiary alicyclic amines) is 1. The van der Waals surface area contributed by atoms with Gasteiger partial charge in [-0.15, -0.1) is 11.3 Å². The van der Waals surface area contributed by atoms with Crippen LogP contribution in [0.3, 0.4) is 0 Å². The number of rotatable bonds is 7. The molecule has 8 nitrogen and oxygen atoms in total. The van der Waals surface area contributed by atoms with Crippen molar-refractivity contribution in [3.05, 3.63) is 82.0 Å². The quantitative estimate of drug-likeness (QED) is 0.209. The van der Waals surface area contributed by atoms with E-state index in [1.807, 2.05) is 13.0 Å². The van der Waals surface area contributed by atoms with E-state index in [0.717, 1.165) is 46.0 Å². The van der Waals surface area contributed by atoms with Crippen molar-refractivity contribution in [2.75, 3.05) is 25.0 Å². The third-order valence-corrected chi connectivity index (χ3v) is 11.2. The van der Waals surface area contributed by atoms with E-state index in [1.54, 1.807) is 33.3 Å². The molecule has 2 aromatic carbocycles. The predicted molar refractivity (Wildman–Crippen MR) is 176 cm³/mol. The highest BCUT2D eigenvalue weighted by molar-refractivity contribution is 7.13. The zero-order valence-corrected chi connectivity index (χ0v) is 26.9. The highest BCUT2D eigenvalue weighted by atomic mass is 35.5. The van der Waals surface area contributed by atoms with E-state index < -0.39 is 12.2 Å². The fraction of sp³-hybridized carbons (Fsp3) is 0.412. The highest BCUT2D eigenvalue weighted by Crippen LogP contribution is 2.46. The number of thiazole rings is 1. The third-order valence-electron chi connectivity index (χ3n) is 10.2. The van der Waals surface area contributed by atoms with Gasteiger partial charge in [-0.2, -0.15) is 5.10 Å². The topological polar surface area (TPSA) is 80.9 Å². The van der Waals surface area contributed by atoms with Crippen molar-refractivity contribution >= 4 is 44.9 Å². The van der Waals surface area contributed by atoms with Crippen LogP contribution in [0.4, 0.5) is 9.52 Å². The van der Waals surface area contributed by atoms with Gasteiger partial charge in [0, 0.05) is 48.4 Å². The molecule has 232 valence electrons. The molecule has 45 heavy (non-hydrogen) atoms. The molecule has 5 aromatic rings. The number of benzene rings is 2. The number of carbonyl (C=O) groups is 1. The van der Waals surface area contributed by atoms with Crippen LogP contribution in [-0.2, 0) is 17.8 Å². The standard InChI is InChI=1S/C34H35ClFN7OS/c1-3-41-14-23-10-22(11-24(23)15-41)20-4-6-21(7-5-20)26-13-28(35)27-17-43(40-30(27)19(26)2)32(33(44)39-34-37-8-9-45-34)31-29-12-25(36)16-42(29)18-38-31/h4-9,13,17-18,22-25,32H,3,10-12,14-16H2,1-2H3,(H,37,39,44)/t22?,23-,24+,25-,32?/m1/s1. The minimum atomic E-state index is -1.01. The molecule has 3 aromatic heterocycles. The average Bonchev–Trinajstić information content (AvgIpc) is 3.86. The Morgan fingerprint density at radius 3 is 2.64 bits per heavy atom. The Labute approximate surface area is 270 Å². The highest BCUT2D eigenvalue weighted by Gasteiger charge is 2.40. The third kappa shape index (κ3) is 5.07. The van der Waals surface area contributed by atoms with Gasteiger partial charge < -0.3 is 9.47 Å². The Morgan fingerprint density at radius 2 is 1.93 bits per heavy atom. The summed E-state index contributed by atoms with van der Waals surface area (Å²) < 4.78 is 17.8. The first kappa shape index (κ1) is 28.8. The van der Waals surface area contributed by atoms with Crippen LogP contribution < -0.4 is 5.32 Å². The molecular weight excluding hydrogens is 609 g/mol. The number of aromatic nitrogens is 5. The maximum atomic E-state index is 14.4. The molecule has 0 bridgehead atoms. The van der Waals surface area contributed by atoms with Crippen LogP contribution in [0.2, 0.25) is 5.02 Å². The van der Waals surface area contributed by atoms with Crippen molar-refractivity contribution in [3.63, 3.8) is 0 Å². The molecular formula is C34H35ClFN7OS. The molecule has 11 heteroatoms. The maximum Gasteiger partial charge on any atom is 0.257 e. The minimum absolute atomic E-state index is 0.205. The Hall–Kier alpha value is -3.60. The number of nitrogens with zero attached hydrogens (tertiary/aromatic N) is 6. The minimum Gasteiger partial charge on any atom is -0.331 e. The first-order valence-electron chi connectivity index (χ1n) is 15.7. The second-order valence-corrected chi connectivity index (χ2v) is 14.1. The van der Waals surface area contributed by atoms with Crippen molar-refractivity contribution in [1.82, 2.24) is 29.2 Å². The van der Waals surface area contributed by atoms with Gasteiger partial charge in [-0.3, -0.25) is 14.8 Å². The van der Waals surface area contributed by atoms with Crippen LogP contribution in [0.15, 0.2) is 54.4 Å². The lowest BCUT2D eigenvalue weighted by atomic mass is 9.92. The van der Waals surface area contributed by atoms with Gasteiger partial charge in [-0.1, -0.05) is 42.8 Å². The number of hydrogen-bond donors (Lipinski definition) is 1. The van der Waals surface area contributed by atoms with E-state index >= 15 is 0 Å². The molecule has 0 radical (unpaired) electrons. The Balaban J connectivity index is 1.12. The normalized spacial score (nSPS) is 23.5. The number of hydrogen-bond acceptors (Lipinski definition) is 6. The van der Waals surface area contributed by atoms with E-state index in [4.69, 9.17) is 16.7 Å². The molecule has 1 N–H and O–H groups in total. The van der Waals surface area contributed by atoms with Gasteiger partial charge in [0.25, 0.3) is 5.91 Å². The number of aryl methyl sites for hydroxylation is 1. The number of alkyl halides is 1. The van der Waals surface area contributed by atoms with Gasteiger partial charge in [0.2, 0.25) is 0 Å². The summed E-state index contributed by atoms with van der Waals surface area (Å²) in [5, 5.41) is 11.4. The van der Waals surface area contributed by atoms with Gasteiger partial charge in [0.05, 0.1) is 29.1 Å². The Kier molecular flexibility index (Phi) is 7.26. The molecule has 2 fully saturated rings. The summed E-state index contributed by atoms with van der Waals surface area (Å²) in [6.45, 7) is 8.18. The smallest absolute Gasteiger partial charge is 0.257 e. The number of nitrogens with one attached hydrogen (secondary N) is 1. The molecule has 0 spiro atoms. The first-order valence-corrected chi connectivity index (χ1v) is 17.0. The summed E-state index contributed by atoms with van der Waals surface area (Å²) in [6.07, 6.45) is 6.79. The maximum absolute atomic E-state index is 14.4. The summed E-state index contributed by atoms with van der Waals surface area (Å²) in [4.78, 5) is 25.2. The fourth-order valence-electron chi connectivity index (χ4n) is 7.93. The van der Waals surface area contributed by atoms with E-state index in [0.29, 0.717) is 27.5 Å². The van der Waals surface area contributed by atoms with Crippen molar-refractivity contribution in [2.24, 2.45) is 11.8 Å². The van der Waals surface area contributed by atoms with Gasteiger partial charge in [0.1, 0.15) is 6.17 Å². The van der Waals surface area contributed by atoms with Gasteiger partial charge >= 0.3 is 0 Å². The molecule has 3 aliphatic rings. The SMILES string of the molecule is CCN1C[C@H]2CC(c3ccc(-c4cc(Cl)c5cn(C(C(=O)Nc6nccs6)c6ncn7c6C[C@@H](F)C7)nc5c4C)cc3)C[C@H]2C1. The second kappa shape index (κ2) is 11.3. The number of amides is 1. The number of anilines is 1. The lowest BCUT2D eigenvalue weighted by Crippen LogP contribution is -2.28. The van der Waals surface area contributed by atoms with Gasteiger partial charge in [-0.05, 0) is 72.4 Å². The monoisotopic (exact) mass is 643 g/mol. The van der Waals surface area contributed by atoms with Crippen molar-refractivity contribution in [2.45, 2.75) is 57.8 Å². The molecule has 1 amide bonds. The Morgan fingerprint density at radius 1 is 1.16 bits per heavy atom. The second-order valence-electron chi connectivity index (χ2n) is 12.8. The number of halogens is 2. The summed E-state index contributed by atoms with van der Waals surface area (Å²) in [5.74, 6) is 1.93. The molecule has 8 rings (SSSR count). The molecule has 1 saturated heterocycles. The summed E-state index contributed by atoms with van der Waals surface area (Å²) >= 11 is 8.24. The van der Waals surface area contributed by atoms with E-state index in [1.165, 1.54) is 42.8 Å². The largest absolute Gasteiger partial charge is 0.331 e. The molecule has 1 saturated carbocycles. The first-order chi connectivity index (χ1) is 21.9. The van der Waals surface area contributed by atoms with E-state index in [-0.39, 0.29) is 18.9 Å². The number of imidazole rings is 1. The van der Waals surface area contributed by atoms with Crippen LogP contribution in [0.1, 0.15) is 54.2 Å². The zero-order chi connectivity index (χ0) is 30.8. The van der Waals surface area contributed by atoms with Crippen LogP contribution in [-0.4, -0.2) is 60.9 Å². The summed E-state index contributed by atoms with van der Waals surface area (Å²) in [7, 11) is 0.